The number of allylic oxidation sites excluding steroid dienone is 1. The molecule has 1 atom stereocenters. The fraction of sp³-hybridized carbons (Fsp3) is 0.412. The first-order valence-corrected chi connectivity index (χ1v) is 9.91. The second-order valence-corrected chi connectivity index (χ2v) is 8.44. The van der Waals surface area contributed by atoms with Crippen LogP contribution in [0, 0.1) is 10.1 Å². The van der Waals surface area contributed by atoms with Crippen LogP contribution in [-0.4, -0.2) is 54.5 Å². The van der Waals surface area contributed by atoms with Crippen LogP contribution >= 0.6 is 0 Å². The summed E-state index contributed by atoms with van der Waals surface area (Å²) >= 11 is 0. The Morgan fingerprint density at radius 2 is 2.08 bits per heavy atom. The van der Waals surface area contributed by atoms with Crippen molar-refractivity contribution in [3.05, 3.63) is 46.0 Å². The van der Waals surface area contributed by atoms with Gasteiger partial charge in [-0.1, -0.05) is 18.2 Å². The Morgan fingerprint density at radius 3 is 2.69 bits per heavy atom. The Bertz CT molecular complexity index is 847. The van der Waals surface area contributed by atoms with Crippen molar-refractivity contribution in [2.75, 3.05) is 18.6 Å². The van der Waals surface area contributed by atoms with Crippen LogP contribution < -0.4 is 0 Å². The number of nitro benzene ring substituents is 1. The van der Waals surface area contributed by atoms with Crippen LogP contribution in [0.15, 0.2) is 30.3 Å². The Labute approximate surface area is 151 Å². The van der Waals surface area contributed by atoms with E-state index >= 15 is 0 Å². The summed E-state index contributed by atoms with van der Waals surface area (Å²) in [5, 5.41) is 10.7. The van der Waals surface area contributed by atoms with Gasteiger partial charge in [-0.25, -0.2) is 8.42 Å². The Kier molecular flexibility index (Phi) is 6.25. The van der Waals surface area contributed by atoms with Gasteiger partial charge in [0, 0.05) is 38.1 Å². The second kappa shape index (κ2) is 8.22. The fourth-order valence-corrected chi connectivity index (χ4v) is 4.48. The molecule has 1 amide bonds. The molecule has 140 valence electrons. The highest BCUT2D eigenvalue weighted by molar-refractivity contribution is 7.91. The molecule has 0 aliphatic carbocycles. The van der Waals surface area contributed by atoms with Crippen LogP contribution in [0.25, 0.3) is 6.08 Å². The van der Waals surface area contributed by atoms with Crippen LogP contribution in [0.2, 0.25) is 0 Å². The number of nitrogens with zero attached hydrogens (tertiary/aromatic N) is 2. The quantitative estimate of drug-likeness (QED) is 0.403. The first-order valence-electron chi connectivity index (χ1n) is 8.09. The summed E-state index contributed by atoms with van der Waals surface area (Å²) in [5.41, 5.74) is 0.454. The average Bonchev–Trinajstić information content (AvgIpc) is 2.97. The van der Waals surface area contributed by atoms with Crippen molar-refractivity contribution < 1.29 is 22.9 Å². The SMILES string of the molecule is CN(C(=O)CCC(=O)/C=C/c1cccc([N+](=O)[O-])c1)C1CCS(=O)(=O)C1. The van der Waals surface area contributed by atoms with E-state index in [1.807, 2.05) is 0 Å². The predicted molar refractivity (Wildman–Crippen MR) is 96.2 cm³/mol. The van der Waals surface area contributed by atoms with Gasteiger partial charge >= 0.3 is 0 Å². The molecule has 1 saturated heterocycles. The summed E-state index contributed by atoms with van der Waals surface area (Å²) in [6.45, 7) is 0. The molecule has 0 bridgehead atoms. The molecular formula is C17H20N2O6S. The van der Waals surface area contributed by atoms with Gasteiger partial charge in [-0.15, -0.1) is 0 Å². The van der Waals surface area contributed by atoms with E-state index in [1.54, 1.807) is 13.1 Å². The van der Waals surface area contributed by atoms with E-state index in [0.717, 1.165) is 0 Å². The Balaban J connectivity index is 1.85. The van der Waals surface area contributed by atoms with Gasteiger partial charge in [-0.3, -0.25) is 19.7 Å². The standard InChI is InChI=1S/C17H20N2O6S/c1-18(15-9-10-26(24,25)12-15)17(21)8-7-16(20)6-5-13-3-2-4-14(11-13)19(22)23/h2-6,11,15H,7-10,12H2,1H3/b6-5+. The third-order valence-electron chi connectivity index (χ3n) is 4.28. The lowest BCUT2D eigenvalue weighted by Crippen LogP contribution is -2.37. The lowest BCUT2D eigenvalue weighted by atomic mass is 10.1. The molecule has 26 heavy (non-hydrogen) atoms. The number of non-ortho nitro benzene ring substituents is 1. The summed E-state index contributed by atoms with van der Waals surface area (Å²) in [5.74, 6) is -0.503. The fourth-order valence-electron chi connectivity index (χ4n) is 2.71. The van der Waals surface area contributed by atoms with Crippen LogP contribution in [0.3, 0.4) is 0 Å². The first kappa shape index (κ1) is 19.8. The molecule has 8 nitrogen and oxygen atoms in total. The number of sulfone groups is 1. The highest BCUT2D eigenvalue weighted by Crippen LogP contribution is 2.18. The van der Waals surface area contributed by atoms with Gasteiger partial charge < -0.3 is 4.90 Å². The molecule has 1 aliphatic heterocycles. The largest absolute Gasteiger partial charge is 0.342 e. The molecule has 0 aromatic heterocycles. The number of rotatable bonds is 7. The minimum atomic E-state index is -3.07. The number of hydrogen-bond donors (Lipinski definition) is 0. The number of benzene rings is 1. The number of carbonyl (C=O) groups excluding carboxylic acids is 2. The van der Waals surface area contributed by atoms with Gasteiger partial charge in [0.1, 0.15) is 0 Å². The maximum atomic E-state index is 12.1. The molecule has 2 rings (SSSR count). The van der Waals surface area contributed by atoms with Gasteiger partial charge in [-0.2, -0.15) is 0 Å². The average molecular weight is 380 g/mol. The molecule has 1 aliphatic rings. The zero-order chi connectivity index (χ0) is 19.3. The van der Waals surface area contributed by atoms with Crippen molar-refractivity contribution >= 4 is 33.3 Å². The van der Waals surface area contributed by atoms with Crippen molar-refractivity contribution in [3.63, 3.8) is 0 Å². The number of ketones is 1. The van der Waals surface area contributed by atoms with Crippen LogP contribution in [-0.2, 0) is 19.4 Å². The third kappa shape index (κ3) is 5.48. The number of carbonyl (C=O) groups is 2. The van der Waals surface area contributed by atoms with E-state index in [0.29, 0.717) is 12.0 Å². The smallest absolute Gasteiger partial charge is 0.270 e. The van der Waals surface area contributed by atoms with Gasteiger partial charge in [0.2, 0.25) is 5.91 Å². The Hall–Kier alpha value is -2.55. The zero-order valence-corrected chi connectivity index (χ0v) is 15.1. The highest BCUT2D eigenvalue weighted by atomic mass is 32.2. The molecule has 1 unspecified atom stereocenters. The summed E-state index contributed by atoms with van der Waals surface area (Å²) in [6.07, 6.45) is 3.16. The third-order valence-corrected chi connectivity index (χ3v) is 6.03. The zero-order valence-electron chi connectivity index (χ0n) is 14.3. The van der Waals surface area contributed by atoms with E-state index in [-0.39, 0.29) is 47.8 Å². The molecule has 0 radical (unpaired) electrons. The maximum absolute atomic E-state index is 12.1. The normalized spacial score (nSPS) is 18.7. The summed E-state index contributed by atoms with van der Waals surface area (Å²) in [6, 6.07) is 5.54. The van der Waals surface area contributed by atoms with Gasteiger partial charge in [0.05, 0.1) is 16.4 Å². The first-order chi connectivity index (χ1) is 12.2. The van der Waals surface area contributed by atoms with E-state index in [2.05, 4.69) is 0 Å². The molecule has 1 heterocycles. The monoisotopic (exact) mass is 380 g/mol. The predicted octanol–water partition coefficient (Wildman–Crippen LogP) is 1.60. The molecule has 0 spiro atoms. The van der Waals surface area contributed by atoms with E-state index in [4.69, 9.17) is 0 Å². The van der Waals surface area contributed by atoms with Crippen molar-refractivity contribution in [1.29, 1.82) is 0 Å². The molecule has 0 saturated carbocycles. The molecule has 0 N–H and O–H groups in total. The van der Waals surface area contributed by atoms with E-state index in [9.17, 15) is 28.1 Å². The van der Waals surface area contributed by atoms with Crippen LogP contribution in [0.1, 0.15) is 24.8 Å². The number of amides is 1. The summed E-state index contributed by atoms with van der Waals surface area (Å²) < 4.78 is 23.0. The van der Waals surface area contributed by atoms with Gasteiger partial charge in [-0.05, 0) is 18.1 Å². The molecule has 1 fully saturated rings. The topological polar surface area (TPSA) is 115 Å². The minimum Gasteiger partial charge on any atom is -0.342 e. The van der Waals surface area contributed by atoms with E-state index in [1.165, 1.54) is 35.3 Å². The lowest BCUT2D eigenvalue weighted by molar-refractivity contribution is -0.384. The van der Waals surface area contributed by atoms with Gasteiger partial charge in [0.15, 0.2) is 15.6 Å². The van der Waals surface area contributed by atoms with Crippen molar-refractivity contribution in [2.24, 2.45) is 0 Å². The Morgan fingerprint density at radius 1 is 1.35 bits per heavy atom. The van der Waals surface area contributed by atoms with Crippen molar-refractivity contribution in [2.45, 2.75) is 25.3 Å². The molecule has 1 aromatic carbocycles. The molecular weight excluding hydrogens is 360 g/mol. The lowest BCUT2D eigenvalue weighted by Gasteiger charge is -2.23. The highest BCUT2D eigenvalue weighted by Gasteiger charge is 2.32. The summed E-state index contributed by atoms with van der Waals surface area (Å²) in [7, 11) is -1.52. The van der Waals surface area contributed by atoms with Gasteiger partial charge in [0.25, 0.3) is 5.69 Å². The number of hydrogen-bond acceptors (Lipinski definition) is 6. The minimum absolute atomic E-state index is 0.00588. The molecule has 1 aromatic rings. The molecule has 9 heteroatoms. The maximum Gasteiger partial charge on any atom is 0.270 e. The second-order valence-electron chi connectivity index (χ2n) is 6.21. The van der Waals surface area contributed by atoms with E-state index < -0.39 is 14.8 Å². The van der Waals surface area contributed by atoms with Crippen LogP contribution in [0.4, 0.5) is 5.69 Å². The summed E-state index contributed by atoms with van der Waals surface area (Å²) in [4.78, 5) is 35.6. The van der Waals surface area contributed by atoms with Crippen molar-refractivity contribution in [1.82, 2.24) is 4.90 Å². The van der Waals surface area contributed by atoms with Crippen LogP contribution in [0.5, 0.6) is 0 Å². The van der Waals surface area contributed by atoms with Crippen molar-refractivity contribution in [3.8, 4) is 0 Å². The number of nitro groups is 1.